The second-order valence-corrected chi connectivity index (χ2v) is 5.61. The lowest BCUT2D eigenvalue weighted by molar-refractivity contribution is -0.118. The highest BCUT2D eigenvalue weighted by Gasteiger charge is 2.34. The van der Waals surface area contributed by atoms with Crippen molar-refractivity contribution in [1.29, 1.82) is 0 Å². The first-order valence-electron chi connectivity index (χ1n) is 7.01. The molecule has 1 unspecified atom stereocenters. The van der Waals surface area contributed by atoms with Gasteiger partial charge in [0.15, 0.2) is 0 Å². The molecule has 0 radical (unpaired) electrons. The minimum atomic E-state index is -0.188. The predicted molar refractivity (Wildman–Crippen MR) is 78.9 cm³/mol. The molecule has 1 aromatic carbocycles. The van der Waals surface area contributed by atoms with E-state index in [4.69, 9.17) is 0 Å². The van der Waals surface area contributed by atoms with Crippen LogP contribution in [0.5, 0.6) is 0 Å². The van der Waals surface area contributed by atoms with Gasteiger partial charge < -0.3 is 9.88 Å². The Morgan fingerprint density at radius 1 is 1.30 bits per heavy atom. The Morgan fingerprint density at radius 2 is 2.00 bits per heavy atom. The van der Waals surface area contributed by atoms with Crippen LogP contribution < -0.4 is 5.32 Å². The SMILES string of the molecule is Cc1nc(C(C)C)c2n1C(Cc1ccccc1)C(=O)N2. The van der Waals surface area contributed by atoms with Crippen LogP contribution in [0.3, 0.4) is 0 Å². The zero-order valence-electron chi connectivity index (χ0n) is 12.1. The van der Waals surface area contributed by atoms with Crippen LogP contribution in [0.25, 0.3) is 0 Å². The van der Waals surface area contributed by atoms with Gasteiger partial charge in [-0.15, -0.1) is 0 Å². The van der Waals surface area contributed by atoms with Crippen LogP contribution in [0.15, 0.2) is 30.3 Å². The number of nitrogens with zero attached hydrogens (tertiary/aromatic N) is 2. The van der Waals surface area contributed by atoms with E-state index in [9.17, 15) is 4.79 Å². The molecule has 0 aliphatic carbocycles. The molecule has 0 bridgehead atoms. The lowest BCUT2D eigenvalue weighted by Crippen LogP contribution is -2.19. The number of hydrogen-bond acceptors (Lipinski definition) is 2. The normalized spacial score (nSPS) is 17.4. The molecule has 1 aromatic heterocycles. The molecule has 0 fully saturated rings. The number of amides is 1. The highest BCUT2D eigenvalue weighted by Crippen LogP contribution is 2.35. The standard InChI is InChI=1S/C16H19N3O/c1-10(2)14-15-18-16(20)13(19(15)11(3)17-14)9-12-7-5-4-6-8-12/h4-8,10,13H,9H2,1-3H3,(H,18,20). The maximum absolute atomic E-state index is 12.3. The van der Waals surface area contributed by atoms with Crippen molar-refractivity contribution < 1.29 is 4.79 Å². The van der Waals surface area contributed by atoms with Crippen molar-refractivity contribution in [2.24, 2.45) is 0 Å². The van der Waals surface area contributed by atoms with Gasteiger partial charge in [-0.05, 0) is 18.4 Å². The van der Waals surface area contributed by atoms with E-state index in [0.29, 0.717) is 12.3 Å². The fraction of sp³-hybridized carbons (Fsp3) is 0.375. The molecule has 0 spiro atoms. The average Bonchev–Trinajstić information content (AvgIpc) is 2.90. The molecule has 20 heavy (non-hydrogen) atoms. The van der Waals surface area contributed by atoms with Crippen LogP contribution >= 0.6 is 0 Å². The van der Waals surface area contributed by atoms with Crippen LogP contribution in [0, 0.1) is 6.92 Å². The largest absolute Gasteiger partial charge is 0.309 e. The highest BCUT2D eigenvalue weighted by atomic mass is 16.2. The molecular formula is C16H19N3O. The van der Waals surface area contributed by atoms with E-state index in [1.807, 2.05) is 29.7 Å². The number of anilines is 1. The molecule has 1 atom stereocenters. The summed E-state index contributed by atoms with van der Waals surface area (Å²) < 4.78 is 2.05. The van der Waals surface area contributed by atoms with Crippen molar-refractivity contribution in [2.75, 3.05) is 5.32 Å². The molecule has 104 valence electrons. The van der Waals surface area contributed by atoms with E-state index in [0.717, 1.165) is 17.3 Å². The zero-order chi connectivity index (χ0) is 14.3. The fourth-order valence-electron chi connectivity index (χ4n) is 2.81. The van der Waals surface area contributed by atoms with Crippen LogP contribution in [-0.2, 0) is 11.2 Å². The summed E-state index contributed by atoms with van der Waals surface area (Å²) in [5.74, 6) is 2.16. The number of carbonyl (C=O) groups excluding carboxylic acids is 1. The molecule has 1 aliphatic heterocycles. The number of carbonyl (C=O) groups is 1. The second kappa shape index (κ2) is 4.78. The van der Waals surface area contributed by atoms with Crippen LogP contribution in [-0.4, -0.2) is 15.5 Å². The first-order chi connectivity index (χ1) is 9.58. The van der Waals surface area contributed by atoms with Gasteiger partial charge in [0.05, 0.1) is 5.69 Å². The number of nitrogens with one attached hydrogen (secondary N) is 1. The summed E-state index contributed by atoms with van der Waals surface area (Å²) >= 11 is 0. The lowest BCUT2D eigenvalue weighted by Gasteiger charge is -2.11. The van der Waals surface area contributed by atoms with Gasteiger partial charge in [-0.25, -0.2) is 4.98 Å². The topological polar surface area (TPSA) is 46.9 Å². The van der Waals surface area contributed by atoms with E-state index >= 15 is 0 Å². The van der Waals surface area contributed by atoms with Gasteiger partial charge in [0.25, 0.3) is 0 Å². The molecule has 3 rings (SSSR count). The molecule has 2 heterocycles. The third-order valence-electron chi connectivity index (χ3n) is 3.79. The number of aromatic nitrogens is 2. The van der Waals surface area contributed by atoms with E-state index in [1.54, 1.807) is 0 Å². The predicted octanol–water partition coefficient (Wildman–Crippen LogP) is 3.05. The van der Waals surface area contributed by atoms with Gasteiger partial charge in [-0.1, -0.05) is 44.2 Å². The summed E-state index contributed by atoms with van der Waals surface area (Å²) in [6, 6.07) is 9.92. The first-order valence-corrected chi connectivity index (χ1v) is 7.01. The summed E-state index contributed by atoms with van der Waals surface area (Å²) in [7, 11) is 0. The van der Waals surface area contributed by atoms with Gasteiger partial charge in [-0.3, -0.25) is 4.79 Å². The van der Waals surface area contributed by atoms with Gasteiger partial charge >= 0.3 is 0 Å². The number of fused-ring (bicyclic) bond motifs is 1. The first kappa shape index (κ1) is 12.9. The van der Waals surface area contributed by atoms with E-state index in [2.05, 4.69) is 36.3 Å². The Hall–Kier alpha value is -2.10. The highest BCUT2D eigenvalue weighted by molar-refractivity contribution is 5.98. The van der Waals surface area contributed by atoms with Crippen LogP contribution in [0.4, 0.5) is 5.82 Å². The summed E-state index contributed by atoms with van der Waals surface area (Å²) in [6.45, 7) is 6.16. The van der Waals surface area contributed by atoms with Crippen molar-refractivity contribution in [3.63, 3.8) is 0 Å². The summed E-state index contributed by atoms with van der Waals surface area (Å²) in [5.41, 5.74) is 2.14. The fourth-order valence-corrected chi connectivity index (χ4v) is 2.81. The molecule has 0 saturated heterocycles. The summed E-state index contributed by atoms with van der Waals surface area (Å²) in [4.78, 5) is 16.9. The summed E-state index contributed by atoms with van der Waals surface area (Å²) in [6.07, 6.45) is 0.703. The second-order valence-electron chi connectivity index (χ2n) is 5.61. The van der Waals surface area contributed by atoms with Crippen molar-refractivity contribution >= 4 is 11.7 Å². The van der Waals surface area contributed by atoms with Gasteiger partial charge in [0, 0.05) is 6.42 Å². The number of rotatable bonds is 3. The third-order valence-corrected chi connectivity index (χ3v) is 3.79. The number of hydrogen-bond donors (Lipinski definition) is 1. The Balaban J connectivity index is 1.98. The minimum absolute atomic E-state index is 0.0660. The Morgan fingerprint density at radius 3 is 2.65 bits per heavy atom. The molecule has 4 nitrogen and oxygen atoms in total. The van der Waals surface area contributed by atoms with Crippen molar-refractivity contribution in [1.82, 2.24) is 9.55 Å². The molecule has 2 aromatic rings. The molecular weight excluding hydrogens is 250 g/mol. The minimum Gasteiger partial charge on any atom is -0.309 e. The van der Waals surface area contributed by atoms with Crippen molar-refractivity contribution in [3.05, 3.63) is 47.4 Å². The van der Waals surface area contributed by atoms with Crippen LogP contribution in [0.2, 0.25) is 0 Å². The maximum Gasteiger partial charge on any atom is 0.249 e. The van der Waals surface area contributed by atoms with E-state index < -0.39 is 0 Å². The number of benzene rings is 1. The monoisotopic (exact) mass is 269 g/mol. The smallest absolute Gasteiger partial charge is 0.249 e. The Kier molecular flexibility index (Phi) is 3.08. The molecule has 0 saturated carbocycles. The average molecular weight is 269 g/mol. The van der Waals surface area contributed by atoms with Crippen molar-refractivity contribution in [3.8, 4) is 0 Å². The third kappa shape index (κ3) is 2.01. The van der Waals surface area contributed by atoms with E-state index in [1.165, 1.54) is 5.56 Å². The molecule has 1 aliphatic rings. The van der Waals surface area contributed by atoms with E-state index in [-0.39, 0.29) is 11.9 Å². The zero-order valence-corrected chi connectivity index (χ0v) is 12.1. The number of aryl methyl sites for hydroxylation is 1. The summed E-state index contributed by atoms with van der Waals surface area (Å²) in [5, 5.41) is 3.00. The Bertz CT molecular complexity index is 643. The van der Waals surface area contributed by atoms with Crippen LogP contribution in [0.1, 0.15) is 42.9 Å². The Labute approximate surface area is 118 Å². The molecule has 1 N–H and O–H groups in total. The lowest BCUT2D eigenvalue weighted by atomic mass is 10.1. The van der Waals surface area contributed by atoms with Gasteiger partial charge in [0.1, 0.15) is 17.7 Å². The molecule has 1 amide bonds. The quantitative estimate of drug-likeness (QED) is 0.931. The van der Waals surface area contributed by atoms with Gasteiger partial charge in [0.2, 0.25) is 5.91 Å². The van der Waals surface area contributed by atoms with Crippen molar-refractivity contribution in [2.45, 2.75) is 39.2 Å². The van der Waals surface area contributed by atoms with Gasteiger partial charge in [-0.2, -0.15) is 0 Å². The maximum atomic E-state index is 12.3. The number of imidazole rings is 1. The molecule has 4 heteroatoms.